The standard InChI is InChI=1S/C27H34BrN5O/c1-15(9-26-10-16-7-17(11-26)13-27(28,12-16)14-26)30-31-25(34)20-8-21(18-3-4-18)29-24-22(20)23(19-5-6-19)32-33(24)2/h8,16-19H,3-7,9-14H2,1-2H3,(H,31,34)/b30-15+/t16-,17-,26?,27?/m0/s1. The Bertz CT molecular complexity index is 1210. The van der Waals surface area contributed by atoms with Gasteiger partial charge in [-0.05, 0) is 101 Å². The highest BCUT2D eigenvalue weighted by molar-refractivity contribution is 9.10. The van der Waals surface area contributed by atoms with E-state index < -0.39 is 0 Å². The minimum Gasteiger partial charge on any atom is -0.267 e. The van der Waals surface area contributed by atoms with Gasteiger partial charge >= 0.3 is 0 Å². The fourth-order valence-electron chi connectivity index (χ4n) is 8.04. The Hall–Kier alpha value is -1.76. The summed E-state index contributed by atoms with van der Waals surface area (Å²) >= 11 is 4.12. The largest absolute Gasteiger partial charge is 0.272 e. The first-order valence-corrected chi connectivity index (χ1v) is 14.0. The van der Waals surface area contributed by atoms with E-state index in [0.29, 0.717) is 27.1 Å². The van der Waals surface area contributed by atoms with E-state index in [-0.39, 0.29) is 5.91 Å². The average molecular weight is 525 g/mol. The van der Waals surface area contributed by atoms with Gasteiger partial charge in [0.25, 0.3) is 5.91 Å². The van der Waals surface area contributed by atoms with Crippen molar-refractivity contribution in [3.05, 3.63) is 23.0 Å². The highest BCUT2D eigenvalue weighted by Gasteiger charge is 2.56. The molecule has 6 saturated carbocycles. The number of alkyl halides is 1. The molecule has 1 amide bonds. The summed E-state index contributed by atoms with van der Waals surface area (Å²) in [6.07, 6.45) is 13.6. The minimum atomic E-state index is -0.119. The fourth-order valence-corrected chi connectivity index (χ4v) is 9.55. The molecular weight excluding hydrogens is 490 g/mol. The van der Waals surface area contributed by atoms with E-state index in [0.717, 1.165) is 72.1 Å². The maximum Gasteiger partial charge on any atom is 0.272 e. The van der Waals surface area contributed by atoms with Crippen molar-refractivity contribution in [3.63, 3.8) is 0 Å². The lowest BCUT2D eigenvalue weighted by molar-refractivity contribution is -0.0303. The van der Waals surface area contributed by atoms with Gasteiger partial charge in [0.2, 0.25) is 0 Å². The van der Waals surface area contributed by atoms with E-state index in [1.807, 2.05) is 17.8 Å². The van der Waals surface area contributed by atoms with Crippen LogP contribution in [0.5, 0.6) is 0 Å². The van der Waals surface area contributed by atoms with Crippen LogP contribution in [0.3, 0.4) is 0 Å². The minimum absolute atomic E-state index is 0.119. The number of carbonyl (C=O) groups excluding carboxylic acids is 1. The van der Waals surface area contributed by atoms with Crippen LogP contribution in [0.2, 0.25) is 0 Å². The van der Waals surface area contributed by atoms with Crippen molar-refractivity contribution in [1.82, 2.24) is 20.2 Å². The van der Waals surface area contributed by atoms with Crippen LogP contribution in [-0.2, 0) is 7.05 Å². The second-order valence-electron chi connectivity index (χ2n) is 12.4. The third-order valence-electron chi connectivity index (χ3n) is 9.13. The van der Waals surface area contributed by atoms with Crippen molar-refractivity contribution in [1.29, 1.82) is 0 Å². The molecule has 2 atom stereocenters. The van der Waals surface area contributed by atoms with Crippen LogP contribution in [0.4, 0.5) is 0 Å². The highest BCUT2D eigenvalue weighted by atomic mass is 79.9. The first-order chi connectivity index (χ1) is 16.3. The summed E-state index contributed by atoms with van der Waals surface area (Å²) in [6, 6.07) is 2.02. The van der Waals surface area contributed by atoms with E-state index in [1.165, 1.54) is 38.5 Å². The molecule has 1 N–H and O–H groups in total. The molecule has 0 aromatic carbocycles. The van der Waals surface area contributed by atoms with E-state index >= 15 is 0 Å². The van der Waals surface area contributed by atoms with Crippen molar-refractivity contribution >= 4 is 38.6 Å². The third-order valence-corrected chi connectivity index (χ3v) is 10.1. The molecule has 6 fully saturated rings. The molecule has 6 aliphatic rings. The lowest BCUT2D eigenvalue weighted by Crippen LogP contribution is -2.53. The number of pyridine rings is 1. The maximum absolute atomic E-state index is 13.5. The zero-order chi connectivity index (χ0) is 23.2. The topological polar surface area (TPSA) is 72.2 Å². The molecule has 2 aromatic rings. The Morgan fingerprint density at radius 2 is 1.88 bits per heavy atom. The van der Waals surface area contributed by atoms with Crippen LogP contribution in [0.1, 0.15) is 111 Å². The molecular formula is C27H34BrN5O. The van der Waals surface area contributed by atoms with E-state index in [9.17, 15) is 4.79 Å². The number of nitrogens with zero attached hydrogens (tertiary/aromatic N) is 4. The van der Waals surface area contributed by atoms with Gasteiger partial charge in [-0.2, -0.15) is 10.2 Å². The van der Waals surface area contributed by atoms with Gasteiger partial charge in [0.1, 0.15) is 0 Å². The number of nitrogens with one attached hydrogen (secondary N) is 1. The highest BCUT2D eigenvalue weighted by Crippen LogP contribution is 2.65. The monoisotopic (exact) mass is 523 g/mol. The van der Waals surface area contributed by atoms with E-state index in [4.69, 9.17) is 10.1 Å². The zero-order valence-electron chi connectivity index (χ0n) is 20.2. The van der Waals surface area contributed by atoms with Gasteiger partial charge < -0.3 is 0 Å². The summed E-state index contributed by atoms with van der Waals surface area (Å²) in [5.41, 5.74) is 7.95. The van der Waals surface area contributed by atoms with Crippen LogP contribution in [0.15, 0.2) is 11.2 Å². The number of carbonyl (C=O) groups is 1. The Kier molecular flexibility index (Phi) is 4.67. The Morgan fingerprint density at radius 1 is 1.18 bits per heavy atom. The van der Waals surface area contributed by atoms with Crippen LogP contribution in [-0.4, -0.2) is 30.7 Å². The second-order valence-corrected chi connectivity index (χ2v) is 14.1. The number of rotatable bonds is 6. The predicted molar refractivity (Wildman–Crippen MR) is 136 cm³/mol. The van der Waals surface area contributed by atoms with Crippen molar-refractivity contribution in [2.45, 2.75) is 93.7 Å². The normalized spacial score (nSPS) is 34.7. The Morgan fingerprint density at radius 3 is 2.53 bits per heavy atom. The van der Waals surface area contributed by atoms with Gasteiger partial charge in [0, 0.05) is 34.6 Å². The van der Waals surface area contributed by atoms with Crippen molar-refractivity contribution in [2.24, 2.45) is 29.4 Å². The third kappa shape index (κ3) is 3.64. The van der Waals surface area contributed by atoms with Crippen molar-refractivity contribution in [2.75, 3.05) is 0 Å². The molecule has 6 nitrogen and oxygen atoms in total. The van der Waals surface area contributed by atoms with E-state index in [1.54, 1.807) is 0 Å². The molecule has 180 valence electrons. The molecule has 0 aliphatic heterocycles. The van der Waals surface area contributed by atoms with Gasteiger partial charge in [-0.1, -0.05) is 15.9 Å². The Labute approximate surface area is 209 Å². The summed E-state index contributed by atoms with van der Waals surface area (Å²) in [4.78, 5) is 18.4. The first kappa shape index (κ1) is 21.5. The summed E-state index contributed by atoms with van der Waals surface area (Å²) in [6.45, 7) is 2.09. The lowest BCUT2D eigenvalue weighted by Gasteiger charge is -2.60. The molecule has 2 heterocycles. The second kappa shape index (κ2) is 7.37. The fraction of sp³-hybridized carbons (Fsp3) is 0.704. The van der Waals surface area contributed by atoms with Crippen LogP contribution < -0.4 is 5.43 Å². The molecule has 2 aromatic heterocycles. The van der Waals surface area contributed by atoms with Crippen LogP contribution >= 0.6 is 15.9 Å². The number of hydrogen-bond donors (Lipinski definition) is 1. The SMILES string of the molecule is C/C(CC12C[C@@H]3C[C@H](CC(Br)(C3)C1)C2)=N\NC(=O)c1cc(C2CC2)nc2c1c(C1CC1)nn2C. The lowest BCUT2D eigenvalue weighted by atomic mass is 9.48. The summed E-state index contributed by atoms with van der Waals surface area (Å²) in [5, 5.41) is 10.4. The van der Waals surface area contributed by atoms with Crippen LogP contribution in [0, 0.1) is 17.3 Å². The predicted octanol–water partition coefficient (Wildman–Crippen LogP) is 5.95. The number of aromatic nitrogens is 3. The van der Waals surface area contributed by atoms with Crippen molar-refractivity contribution < 1.29 is 4.79 Å². The molecule has 7 heteroatoms. The van der Waals surface area contributed by atoms with E-state index in [2.05, 4.69) is 33.4 Å². The number of amides is 1. The molecule has 0 spiro atoms. The maximum atomic E-state index is 13.5. The van der Waals surface area contributed by atoms with Crippen molar-refractivity contribution in [3.8, 4) is 0 Å². The summed E-state index contributed by atoms with van der Waals surface area (Å²) in [7, 11) is 1.95. The number of halogens is 1. The van der Waals surface area contributed by atoms with Gasteiger partial charge in [-0.15, -0.1) is 0 Å². The molecule has 0 radical (unpaired) electrons. The molecule has 4 bridgehead atoms. The molecule has 0 unspecified atom stereocenters. The first-order valence-electron chi connectivity index (χ1n) is 13.2. The molecule has 34 heavy (non-hydrogen) atoms. The van der Waals surface area contributed by atoms with Gasteiger partial charge in [-0.25, -0.2) is 10.4 Å². The zero-order valence-corrected chi connectivity index (χ0v) is 21.8. The van der Waals surface area contributed by atoms with Crippen LogP contribution in [0.25, 0.3) is 11.0 Å². The number of aryl methyl sites for hydroxylation is 1. The summed E-state index contributed by atoms with van der Waals surface area (Å²) in [5.74, 6) is 2.54. The van der Waals surface area contributed by atoms with Gasteiger partial charge in [0.15, 0.2) is 5.65 Å². The molecule has 8 rings (SSSR count). The quantitative estimate of drug-likeness (QED) is 0.288. The van der Waals surface area contributed by atoms with Gasteiger partial charge in [0.05, 0.1) is 16.6 Å². The molecule has 0 saturated heterocycles. The average Bonchev–Trinajstić information content (AvgIpc) is 3.67. The number of fused-ring (bicyclic) bond motifs is 1. The Balaban J connectivity index is 1.15. The number of hydrogen-bond acceptors (Lipinski definition) is 4. The molecule has 6 aliphatic carbocycles. The smallest absolute Gasteiger partial charge is 0.267 e. The number of hydrazone groups is 1. The van der Waals surface area contributed by atoms with Gasteiger partial charge in [-0.3, -0.25) is 9.48 Å². The summed E-state index contributed by atoms with van der Waals surface area (Å²) < 4.78 is 2.21.